The summed E-state index contributed by atoms with van der Waals surface area (Å²) >= 11 is 0. The van der Waals surface area contributed by atoms with Crippen molar-refractivity contribution in [2.45, 2.75) is 39.5 Å². The average molecular weight is 254 g/mol. The molecule has 0 unspecified atom stereocenters. The molecule has 2 nitrogen and oxygen atoms in total. The molecule has 100 valence electrons. The molecule has 2 N–H and O–H groups in total. The maximum absolute atomic E-state index is 5.74. The molecule has 0 atom stereocenters. The first-order valence-electron chi connectivity index (χ1n) is 6.77. The summed E-state index contributed by atoms with van der Waals surface area (Å²) in [4.78, 5) is 4.44. The summed E-state index contributed by atoms with van der Waals surface area (Å²) < 4.78 is 0. The Bertz CT molecular complexity index is 568. The summed E-state index contributed by atoms with van der Waals surface area (Å²) in [6.45, 7) is 8.81. The first kappa shape index (κ1) is 13.6. The molecule has 0 saturated heterocycles. The lowest BCUT2D eigenvalue weighted by molar-refractivity contribution is 0.506. The van der Waals surface area contributed by atoms with E-state index in [1.54, 1.807) is 6.20 Å². The third-order valence-corrected chi connectivity index (χ3v) is 3.92. The zero-order chi connectivity index (χ0) is 14.0. The number of nitrogen functional groups attached to an aromatic ring is 1. The molecule has 0 amide bonds. The maximum Gasteiger partial charge on any atom is 0.0732 e. The molecule has 0 aliphatic heterocycles. The summed E-state index contributed by atoms with van der Waals surface area (Å²) in [5, 5.41) is 0. The minimum Gasteiger partial charge on any atom is -0.397 e. The molecule has 1 heterocycles. The first-order chi connectivity index (χ1) is 8.94. The van der Waals surface area contributed by atoms with Crippen LogP contribution >= 0.6 is 0 Å². The van der Waals surface area contributed by atoms with Gasteiger partial charge in [-0.2, -0.15) is 0 Å². The maximum atomic E-state index is 5.74. The van der Waals surface area contributed by atoms with E-state index in [2.05, 4.69) is 50.0 Å². The monoisotopic (exact) mass is 254 g/mol. The van der Waals surface area contributed by atoms with E-state index in [-0.39, 0.29) is 5.41 Å². The van der Waals surface area contributed by atoms with Crippen LogP contribution in [0.1, 0.15) is 38.3 Å². The summed E-state index contributed by atoms with van der Waals surface area (Å²) in [6.07, 6.45) is 2.84. The van der Waals surface area contributed by atoms with Gasteiger partial charge in [0, 0.05) is 5.56 Å². The number of hydrogen-bond acceptors (Lipinski definition) is 2. The van der Waals surface area contributed by atoms with Crippen LogP contribution in [0.2, 0.25) is 0 Å². The fraction of sp³-hybridized carbons (Fsp3) is 0.353. The number of pyridine rings is 1. The Morgan fingerprint density at radius 2 is 1.79 bits per heavy atom. The van der Waals surface area contributed by atoms with Crippen molar-refractivity contribution in [3.8, 4) is 11.3 Å². The Labute approximate surface area is 115 Å². The van der Waals surface area contributed by atoms with Gasteiger partial charge in [0.15, 0.2) is 0 Å². The molecule has 19 heavy (non-hydrogen) atoms. The van der Waals surface area contributed by atoms with Crippen molar-refractivity contribution in [2.24, 2.45) is 0 Å². The third-order valence-electron chi connectivity index (χ3n) is 3.92. The highest BCUT2D eigenvalue weighted by molar-refractivity contribution is 5.65. The van der Waals surface area contributed by atoms with E-state index < -0.39 is 0 Å². The molecular formula is C17H22N2. The summed E-state index contributed by atoms with van der Waals surface area (Å²) in [5.74, 6) is 0. The molecule has 2 rings (SSSR count). The van der Waals surface area contributed by atoms with Gasteiger partial charge in [-0.3, -0.25) is 4.98 Å². The van der Waals surface area contributed by atoms with Crippen LogP contribution in [0, 0.1) is 6.92 Å². The smallest absolute Gasteiger partial charge is 0.0732 e. The van der Waals surface area contributed by atoms with Gasteiger partial charge < -0.3 is 5.73 Å². The first-order valence-corrected chi connectivity index (χ1v) is 6.77. The lowest BCUT2D eigenvalue weighted by Crippen LogP contribution is -2.15. The van der Waals surface area contributed by atoms with Gasteiger partial charge in [-0.15, -0.1) is 0 Å². The Kier molecular flexibility index (Phi) is 3.61. The Morgan fingerprint density at radius 3 is 2.32 bits per heavy atom. The predicted molar refractivity (Wildman–Crippen MR) is 82.1 cm³/mol. The van der Waals surface area contributed by atoms with Crippen molar-refractivity contribution in [3.05, 3.63) is 47.7 Å². The molecule has 0 aliphatic carbocycles. The zero-order valence-corrected chi connectivity index (χ0v) is 12.2. The molecule has 1 aromatic carbocycles. The number of nitrogens with zero attached hydrogens (tertiary/aromatic N) is 1. The van der Waals surface area contributed by atoms with Gasteiger partial charge >= 0.3 is 0 Å². The van der Waals surface area contributed by atoms with Crippen LogP contribution in [0.3, 0.4) is 0 Å². The van der Waals surface area contributed by atoms with E-state index in [0.29, 0.717) is 5.69 Å². The van der Waals surface area contributed by atoms with Crippen molar-refractivity contribution in [3.63, 3.8) is 0 Å². The largest absolute Gasteiger partial charge is 0.397 e. The molecule has 2 aromatic rings. The van der Waals surface area contributed by atoms with Gasteiger partial charge in [-0.25, -0.2) is 0 Å². The fourth-order valence-electron chi connectivity index (χ4n) is 2.18. The highest BCUT2D eigenvalue weighted by Gasteiger charge is 2.17. The highest BCUT2D eigenvalue weighted by Crippen LogP contribution is 2.29. The number of rotatable bonds is 3. The number of benzene rings is 1. The SMILES string of the molecule is CCC(C)(C)c1ccc(-c2ncc(N)cc2C)cc1. The molecular weight excluding hydrogens is 232 g/mol. The fourth-order valence-corrected chi connectivity index (χ4v) is 2.18. The summed E-state index contributed by atoms with van der Waals surface area (Å²) in [6, 6.07) is 10.7. The van der Waals surface area contributed by atoms with Crippen LogP contribution in [-0.4, -0.2) is 4.98 Å². The average Bonchev–Trinajstić information content (AvgIpc) is 2.39. The van der Waals surface area contributed by atoms with Gasteiger partial charge in [-0.1, -0.05) is 45.0 Å². The molecule has 0 bridgehead atoms. The molecule has 2 heteroatoms. The van der Waals surface area contributed by atoms with Crippen LogP contribution in [0.4, 0.5) is 5.69 Å². The van der Waals surface area contributed by atoms with Gasteiger partial charge in [0.25, 0.3) is 0 Å². The van der Waals surface area contributed by atoms with E-state index in [4.69, 9.17) is 5.73 Å². The standard InChI is InChI=1S/C17H22N2/c1-5-17(3,4)14-8-6-13(7-9-14)16-12(2)10-15(18)11-19-16/h6-11H,5,18H2,1-4H3. The lowest BCUT2D eigenvalue weighted by Gasteiger charge is -2.23. The van der Waals surface area contributed by atoms with E-state index in [1.807, 2.05) is 13.0 Å². The molecule has 0 fully saturated rings. The second-order valence-electron chi connectivity index (χ2n) is 5.75. The molecule has 0 saturated carbocycles. The van der Waals surface area contributed by atoms with Crippen LogP contribution in [0.5, 0.6) is 0 Å². The zero-order valence-electron chi connectivity index (χ0n) is 12.2. The van der Waals surface area contributed by atoms with Gasteiger partial charge in [0.2, 0.25) is 0 Å². The van der Waals surface area contributed by atoms with Crippen molar-refractivity contribution in [1.82, 2.24) is 4.98 Å². The Balaban J connectivity index is 2.38. The van der Waals surface area contributed by atoms with Gasteiger partial charge in [-0.05, 0) is 36.0 Å². The van der Waals surface area contributed by atoms with Gasteiger partial charge in [0.1, 0.15) is 0 Å². The van der Waals surface area contributed by atoms with Crippen LogP contribution in [0.15, 0.2) is 36.5 Å². The number of aromatic nitrogens is 1. The number of hydrogen-bond donors (Lipinski definition) is 1. The van der Waals surface area contributed by atoms with Crippen LogP contribution in [0.25, 0.3) is 11.3 Å². The number of nitrogens with two attached hydrogens (primary N) is 1. The van der Waals surface area contributed by atoms with E-state index in [0.717, 1.165) is 23.2 Å². The minimum atomic E-state index is 0.224. The Hall–Kier alpha value is -1.83. The lowest BCUT2D eigenvalue weighted by atomic mass is 9.82. The van der Waals surface area contributed by atoms with E-state index in [9.17, 15) is 0 Å². The third kappa shape index (κ3) is 2.78. The Morgan fingerprint density at radius 1 is 1.16 bits per heavy atom. The van der Waals surface area contributed by atoms with Crippen molar-refractivity contribution in [2.75, 3.05) is 5.73 Å². The predicted octanol–water partition coefficient (Wildman–Crippen LogP) is 4.33. The normalized spacial score (nSPS) is 11.6. The summed E-state index contributed by atoms with van der Waals surface area (Å²) in [7, 11) is 0. The molecule has 0 aliphatic rings. The molecule has 0 spiro atoms. The highest BCUT2D eigenvalue weighted by atomic mass is 14.7. The second kappa shape index (κ2) is 5.04. The minimum absolute atomic E-state index is 0.224. The van der Waals surface area contributed by atoms with Crippen LogP contribution in [-0.2, 0) is 5.41 Å². The second-order valence-corrected chi connectivity index (χ2v) is 5.75. The van der Waals surface area contributed by atoms with Crippen molar-refractivity contribution >= 4 is 5.69 Å². The topological polar surface area (TPSA) is 38.9 Å². The quantitative estimate of drug-likeness (QED) is 0.885. The van der Waals surface area contributed by atoms with Crippen molar-refractivity contribution in [1.29, 1.82) is 0 Å². The number of aryl methyl sites for hydroxylation is 1. The molecule has 0 radical (unpaired) electrons. The molecule has 1 aromatic heterocycles. The summed E-state index contributed by atoms with van der Waals surface area (Å²) in [5.41, 5.74) is 11.3. The van der Waals surface area contributed by atoms with E-state index >= 15 is 0 Å². The van der Waals surface area contributed by atoms with Gasteiger partial charge in [0.05, 0.1) is 17.6 Å². The number of anilines is 1. The van der Waals surface area contributed by atoms with Crippen LogP contribution < -0.4 is 5.73 Å². The van der Waals surface area contributed by atoms with Crippen molar-refractivity contribution < 1.29 is 0 Å². The van der Waals surface area contributed by atoms with E-state index in [1.165, 1.54) is 5.56 Å².